The van der Waals surface area contributed by atoms with E-state index in [1.165, 1.54) is 0 Å². The Morgan fingerprint density at radius 3 is 1.30 bits per heavy atom. The van der Waals surface area contributed by atoms with E-state index in [0.29, 0.717) is 37.5 Å². The second kappa shape index (κ2) is 13.4. The predicted molar refractivity (Wildman–Crippen MR) is 215 cm³/mol. The van der Waals surface area contributed by atoms with E-state index >= 15 is 0 Å². The second-order valence-electron chi connectivity index (χ2n) is 22.5. The number of rotatable bonds is 9. The van der Waals surface area contributed by atoms with Crippen LogP contribution in [0.5, 0.6) is 0 Å². The van der Waals surface area contributed by atoms with Gasteiger partial charge in [-0.25, -0.2) is 10.9 Å². The van der Waals surface area contributed by atoms with E-state index in [1.807, 2.05) is 13.8 Å². The number of hydrazone groups is 2. The summed E-state index contributed by atoms with van der Waals surface area (Å²) >= 11 is 0. The molecule has 8 aliphatic carbocycles. The minimum Gasteiger partial charge on any atom is -0.481 e. The molecule has 8 saturated carbocycles. The fourth-order valence-corrected chi connectivity index (χ4v) is 16.9. The van der Waals surface area contributed by atoms with Gasteiger partial charge in [0.15, 0.2) is 0 Å². The Morgan fingerprint density at radius 1 is 0.554 bits per heavy atom. The van der Waals surface area contributed by atoms with Crippen molar-refractivity contribution in [1.29, 1.82) is 0 Å². The van der Waals surface area contributed by atoms with Gasteiger partial charge in [0.25, 0.3) is 0 Å². The van der Waals surface area contributed by atoms with Crippen molar-refractivity contribution in [3.8, 4) is 0 Å². The van der Waals surface area contributed by atoms with E-state index in [0.717, 1.165) is 127 Å². The number of unbranched alkanes of at least 4 members (excludes halogenated alkanes) is 1. The molecule has 0 aromatic heterocycles. The highest BCUT2D eigenvalue weighted by molar-refractivity contribution is 5.95. The predicted octanol–water partition coefficient (Wildman–Crippen LogP) is 9.27. The summed E-state index contributed by atoms with van der Waals surface area (Å²) in [5.74, 6) is -0.0770. The zero-order valence-electron chi connectivity index (χ0n) is 35.3. The molecule has 0 heterocycles. The van der Waals surface area contributed by atoms with E-state index < -0.39 is 22.8 Å². The van der Waals surface area contributed by atoms with Crippen molar-refractivity contribution in [2.24, 2.45) is 77.2 Å². The van der Waals surface area contributed by atoms with Crippen LogP contribution >= 0.6 is 0 Å². The molecular formula is C46H70N4O6. The number of hydrogen-bond donors (Lipinski definition) is 4. The first kappa shape index (κ1) is 40.0. The SMILES string of the molecule is C[C@@]12CC[C@@H]3[C@@](CC[C@H]4[C@@]3(C)CCC[C@@]4(C)C(=O)O)(C/C1=N\NC(=O)CCCCC(=O)N/N=C1\C[C@]34CC[C@H]5[C@@](C)(CCC[C@@]5(C)C(=O)O)[C@@H]3CC[C@@]1(C)C4)C2. The Morgan fingerprint density at radius 2 is 0.929 bits per heavy atom. The number of aliphatic carboxylic acids is 2. The summed E-state index contributed by atoms with van der Waals surface area (Å²) in [6, 6.07) is 0. The summed E-state index contributed by atoms with van der Waals surface area (Å²) in [4.78, 5) is 51.0. The third-order valence-corrected chi connectivity index (χ3v) is 19.4. The molecule has 8 rings (SSSR count). The maximum atomic E-state index is 13.0. The van der Waals surface area contributed by atoms with Gasteiger partial charge in [-0.1, -0.05) is 40.5 Å². The molecule has 0 radical (unpaired) electrons. The molecule has 0 unspecified atom stereocenters. The average molecular weight is 775 g/mol. The number of carboxylic acids is 2. The lowest BCUT2D eigenvalue weighted by Crippen LogP contribution is -2.58. The van der Waals surface area contributed by atoms with Crippen LogP contribution in [0.25, 0.3) is 0 Å². The highest BCUT2D eigenvalue weighted by Crippen LogP contribution is 2.75. The van der Waals surface area contributed by atoms with Gasteiger partial charge in [0, 0.05) is 35.1 Å². The first-order valence-corrected chi connectivity index (χ1v) is 22.5. The van der Waals surface area contributed by atoms with Crippen LogP contribution in [-0.4, -0.2) is 45.4 Å². The molecular weight excluding hydrogens is 705 g/mol. The maximum Gasteiger partial charge on any atom is 0.309 e. The number of nitrogens with zero attached hydrogens (tertiary/aromatic N) is 2. The summed E-state index contributed by atoms with van der Waals surface area (Å²) < 4.78 is 0. The van der Waals surface area contributed by atoms with Gasteiger partial charge in [0.2, 0.25) is 11.8 Å². The number of hydrogen-bond acceptors (Lipinski definition) is 6. The molecule has 0 aromatic rings. The van der Waals surface area contributed by atoms with Crippen molar-refractivity contribution in [3.05, 3.63) is 0 Å². The molecule has 10 heteroatoms. The molecule has 4 N–H and O–H groups in total. The molecule has 0 saturated heterocycles. The van der Waals surface area contributed by atoms with Gasteiger partial charge >= 0.3 is 11.9 Å². The first-order chi connectivity index (χ1) is 26.3. The molecule has 8 fully saturated rings. The third-order valence-electron chi connectivity index (χ3n) is 19.4. The van der Waals surface area contributed by atoms with Gasteiger partial charge < -0.3 is 10.2 Å². The van der Waals surface area contributed by atoms with Crippen LogP contribution in [0.15, 0.2) is 10.2 Å². The van der Waals surface area contributed by atoms with Crippen LogP contribution in [0.3, 0.4) is 0 Å². The third kappa shape index (κ3) is 5.88. The Bertz CT molecular complexity index is 1620. The Balaban J connectivity index is 0.822. The molecule has 12 atom stereocenters. The van der Waals surface area contributed by atoms with Crippen LogP contribution in [0.1, 0.15) is 183 Å². The number of amides is 2. The smallest absolute Gasteiger partial charge is 0.309 e. The molecule has 56 heavy (non-hydrogen) atoms. The minimum atomic E-state index is -0.645. The number of carbonyl (C=O) groups is 4. The normalized spacial score (nSPS) is 49.0. The van der Waals surface area contributed by atoms with Crippen LogP contribution in [0.4, 0.5) is 0 Å². The van der Waals surface area contributed by atoms with E-state index in [9.17, 15) is 29.4 Å². The van der Waals surface area contributed by atoms with Gasteiger partial charge in [0.05, 0.1) is 10.8 Å². The Kier molecular flexibility index (Phi) is 9.56. The van der Waals surface area contributed by atoms with Crippen LogP contribution in [-0.2, 0) is 19.2 Å². The quantitative estimate of drug-likeness (QED) is 0.135. The maximum absolute atomic E-state index is 13.0. The van der Waals surface area contributed by atoms with Gasteiger partial charge in [-0.05, 0) is 175 Å². The number of fused-ring (bicyclic) bond motifs is 6. The molecule has 310 valence electrons. The summed E-state index contributed by atoms with van der Waals surface area (Å²) in [5, 5.41) is 30.1. The first-order valence-electron chi connectivity index (χ1n) is 22.5. The van der Waals surface area contributed by atoms with Gasteiger partial charge in [0.1, 0.15) is 0 Å². The summed E-state index contributed by atoms with van der Waals surface area (Å²) in [6.07, 6.45) is 19.8. The second-order valence-corrected chi connectivity index (χ2v) is 22.5. The summed E-state index contributed by atoms with van der Waals surface area (Å²) in [5.41, 5.74) is 7.01. The van der Waals surface area contributed by atoms with Crippen LogP contribution in [0.2, 0.25) is 0 Å². The zero-order chi connectivity index (χ0) is 40.2. The van der Waals surface area contributed by atoms with Crippen LogP contribution < -0.4 is 10.9 Å². The van der Waals surface area contributed by atoms with Crippen LogP contribution in [0, 0.1) is 67.0 Å². The molecule has 10 nitrogen and oxygen atoms in total. The fraction of sp³-hybridized carbons (Fsp3) is 0.870. The molecule has 0 aliphatic heterocycles. The lowest BCUT2D eigenvalue weighted by atomic mass is 9.40. The summed E-state index contributed by atoms with van der Waals surface area (Å²) in [7, 11) is 0. The lowest BCUT2D eigenvalue weighted by molar-refractivity contribution is -0.183. The van der Waals surface area contributed by atoms with Gasteiger partial charge in [-0.3, -0.25) is 19.2 Å². The van der Waals surface area contributed by atoms with E-state index in [-0.39, 0.29) is 56.1 Å². The highest BCUT2D eigenvalue weighted by Gasteiger charge is 2.69. The Hall–Kier alpha value is -2.78. The van der Waals surface area contributed by atoms with Gasteiger partial charge in [-0.2, -0.15) is 10.2 Å². The minimum absolute atomic E-state index is 0.0260. The standard InChI is InChI=1S/C46H70N4O6/c1-39-21-13-31-41(3)17-9-19-43(5,37(53)54)29(41)15-23-45(31,27-39)25-33(39)47-49-35(51)11-7-8-12-36(52)50-48-34-26-46-24-16-30-42(4,18-10-20-44(30,6)38(55)56)32(46)14-22-40(34,2)28-46/h29-32H,7-28H2,1-6H3,(H,49,51)(H,50,52)(H,53,54)(H,55,56)/b47-33+,48-34+/t29-,30-,31-,32-,39-,40-,41+,42+,43+,44+,45-,46-/m0/s1. The molecule has 2 spiro atoms. The van der Waals surface area contributed by atoms with Crippen molar-refractivity contribution in [1.82, 2.24) is 10.9 Å². The van der Waals surface area contributed by atoms with Crippen molar-refractivity contribution < 1.29 is 29.4 Å². The monoisotopic (exact) mass is 775 g/mol. The highest BCUT2D eigenvalue weighted by atomic mass is 16.4. The van der Waals surface area contributed by atoms with E-state index in [1.54, 1.807) is 0 Å². The summed E-state index contributed by atoms with van der Waals surface area (Å²) in [6.45, 7) is 13.4. The zero-order valence-corrected chi connectivity index (χ0v) is 35.3. The molecule has 4 bridgehead atoms. The molecule has 0 aromatic carbocycles. The van der Waals surface area contributed by atoms with Crippen molar-refractivity contribution in [2.75, 3.05) is 0 Å². The average Bonchev–Trinajstić information content (AvgIpc) is 3.46. The van der Waals surface area contributed by atoms with Crippen molar-refractivity contribution >= 4 is 35.2 Å². The van der Waals surface area contributed by atoms with Gasteiger partial charge in [-0.15, -0.1) is 0 Å². The van der Waals surface area contributed by atoms with Crippen molar-refractivity contribution in [2.45, 2.75) is 183 Å². The number of nitrogens with one attached hydrogen (secondary N) is 2. The topological polar surface area (TPSA) is 158 Å². The van der Waals surface area contributed by atoms with Crippen molar-refractivity contribution in [3.63, 3.8) is 0 Å². The fourth-order valence-electron chi connectivity index (χ4n) is 16.9. The Labute approximate surface area is 334 Å². The molecule has 8 aliphatic rings. The largest absolute Gasteiger partial charge is 0.481 e. The lowest BCUT2D eigenvalue weighted by Gasteiger charge is -2.63. The molecule has 2 amide bonds. The number of carbonyl (C=O) groups excluding carboxylic acids is 2. The van der Waals surface area contributed by atoms with E-state index in [2.05, 4.69) is 38.5 Å². The van der Waals surface area contributed by atoms with E-state index in [4.69, 9.17) is 10.2 Å². The number of carboxylic acid groups (broad SMARTS) is 2.